The molecule has 1 aromatic rings. The zero-order valence-corrected chi connectivity index (χ0v) is 14.9. The van der Waals surface area contributed by atoms with E-state index in [-0.39, 0.29) is 24.0 Å². The Morgan fingerprint density at radius 1 is 1.21 bits per heavy atom. The van der Waals surface area contributed by atoms with Crippen molar-refractivity contribution in [2.24, 2.45) is 5.92 Å². The summed E-state index contributed by atoms with van der Waals surface area (Å²) in [5.41, 5.74) is 0.466. The van der Waals surface area contributed by atoms with Gasteiger partial charge in [-0.25, -0.2) is 9.78 Å². The van der Waals surface area contributed by atoms with Crippen LogP contribution in [-0.4, -0.2) is 35.6 Å². The molecule has 24 heavy (non-hydrogen) atoms. The number of urea groups is 1. The standard InChI is InChI=1S/C17H25ClN4O2/c1-11(2)9-20-17(24)22-14-6-4-3-5-13(14)21-16(23)12-7-8-15(18)19-10-12/h7-8,10-11,13-14H,3-6,9H2,1-2H3,(H,21,23)(H2,20,22,24). The lowest BCUT2D eigenvalue weighted by molar-refractivity contribution is 0.0915. The van der Waals surface area contributed by atoms with Crippen LogP contribution in [0.3, 0.4) is 0 Å². The van der Waals surface area contributed by atoms with E-state index in [1.165, 1.54) is 6.20 Å². The van der Waals surface area contributed by atoms with Crippen LogP contribution in [0.15, 0.2) is 18.3 Å². The van der Waals surface area contributed by atoms with Crippen molar-refractivity contribution in [3.8, 4) is 0 Å². The van der Waals surface area contributed by atoms with E-state index < -0.39 is 0 Å². The SMILES string of the molecule is CC(C)CNC(=O)NC1CCCCC1NC(=O)c1ccc(Cl)nc1. The molecular weight excluding hydrogens is 328 g/mol. The van der Waals surface area contributed by atoms with Crippen molar-refractivity contribution in [3.63, 3.8) is 0 Å². The van der Waals surface area contributed by atoms with Gasteiger partial charge in [-0.2, -0.15) is 0 Å². The van der Waals surface area contributed by atoms with Crippen LogP contribution in [0.25, 0.3) is 0 Å². The summed E-state index contributed by atoms with van der Waals surface area (Å²) in [6.45, 7) is 4.72. The smallest absolute Gasteiger partial charge is 0.315 e. The van der Waals surface area contributed by atoms with Gasteiger partial charge in [-0.05, 0) is 30.9 Å². The lowest BCUT2D eigenvalue weighted by Gasteiger charge is -2.32. The lowest BCUT2D eigenvalue weighted by Crippen LogP contribution is -2.55. The number of hydrogen-bond acceptors (Lipinski definition) is 3. The second-order valence-electron chi connectivity index (χ2n) is 6.59. The zero-order valence-electron chi connectivity index (χ0n) is 14.1. The van der Waals surface area contributed by atoms with E-state index in [0.29, 0.717) is 23.2 Å². The molecule has 0 spiro atoms. The number of rotatable bonds is 5. The number of halogens is 1. The number of aromatic nitrogens is 1. The summed E-state index contributed by atoms with van der Waals surface area (Å²) in [6, 6.07) is 2.92. The number of hydrogen-bond donors (Lipinski definition) is 3. The normalized spacial score (nSPS) is 20.5. The summed E-state index contributed by atoms with van der Waals surface area (Å²) in [5, 5.41) is 9.21. The molecule has 0 bridgehead atoms. The monoisotopic (exact) mass is 352 g/mol. The van der Waals surface area contributed by atoms with Gasteiger partial charge in [0, 0.05) is 18.8 Å². The molecule has 1 aromatic heterocycles. The molecule has 1 saturated carbocycles. The topological polar surface area (TPSA) is 83.1 Å². The van der Waals surface area contributed by atoms with Crippen molar-refractivity contribution in [2.75, 3.05) is 6.54 Å². The highest BCUT2D eigenvalue weighted by atomic mass is 35.5. The first-order valence-corrected chi connectivity index (χ1v) is 8.80. The minimum atomic E-state index is -0.194. The molecule has 3 amide bonds. The van der Waals surface area contributed by atoms with E-state index in [0.717, 1.165) is 25.7 Å². The fourth-order valence-corrected chi connectivity index (χ4v) is 2.87. The van der Waals surface area contributed by atoms with Gasteiger partial charge in [-0.3, -0.25) is 4.79 Å². The van der Waals surface area contributed by atoms with Gasteiger partial charge in [0.05, 0.1) is 11.6 Å². The third-order valence-electron chi connectivity index (χ3n) is 4.06. The maximum Gasteiger partial charge on any atom is 0.315 e. The Morgan fingerprint density at radius 3 is 2.46 bits per heavy atom. The number of carbonyl (C=O) groups is 2. The highest BCUT2D eigenvalue weighted by molar-refractivity contribution is 6.29. The van der Waals surface area contributed by atoms with Crippen molar-refractivity contribution in [3.05, 3.63) is 29.0 Å². The van der Waals surface area contributed by atoms with E-state index in [2.05, 4.69) is 20.9 Å². The summed E-state index contributed by atoms with van der Waals surface area (Å²) in [7, 11) is 0. The maximum atomic E-state index is 12.3. The molecule has 0 saturated heterocycles. The molecule has 1 fully saturated rings. The third-order valence-corrected chi connectivity index (χ3v) is 4.28. The van der Waals surface area contributed by atoms with Gasteiger partial charge in [0.1, 0.15) is 5.15 Å². The Labute approximate surface area is 147 Å². The van der Waals surface area contributed by atoms with Crippen LogP contribution >= 0.6 is 11.6 Å². The van der Waals surface area contributed by atoms with Gasteiger partial charge < -0.3 is 16.0 Å². The van der Waals surface area contributed by atoms with E-state index in [4.69, 9.17) is 11.6 Å². The van der Waals surface area contributed by atoms with Crippen LogP contribution in [0.4, 0.5) is 4.79 Å². The van der Waals surface area contributed by atoms with Crippen LogP contribution < -0.4 is 16.0 Å². The quantitative estimate of drug-likeness (QED) is 0.712. The molecule has 2 rings (SSSR count). The Kier molecular flexibility index (Phi) is 6.85. The average Bonchev–Trinajstić information content (AvgIpc) is 2.55. The summed E-state index contributed by atoms with van der Waals surface area (Å²) in [6.07, 6.45) is 5.25. The fraction of sp³-hybridized carbons (Fsp3) is 0.588. The van der Waals surface area contributed by atoms with Gasteiger partial charge in [0.25, 0.3) is 5.91 Å². The predicted octanol–water partition coefficient (Wildman–Crippen LogP) is 2.73. The van der Waals surface area contributed by atoms with Crippen LogP contribution in [0.2, 0.25) is 5.15 Å². The molecule has 1 aliphatic carbocycles. The van der Waals surface area contributed by atoms with Gasteiger partial charge in [-0.15, -0.1) is 0 Å². The molecule has 7 heteroatoms. The number of amides is 3. The Bertz CT molecular complexity index is 562. The summed E-state index contributed by atoms with van der Waals surface area (Å²) in [5.74, 6) is 0.204. The molecule has 2 unspecified atom stereocenters. The van der Waals surface area contributed by atoms with Crippen molar-refractivity contribution in [1.82, 2.24) is 20.9 Å². The van der Waals surface area contributed by atoms with Gasteiger partial charge in [-0.1, -0.05) is 38.3 Å². The van der Waals surface area contributed by atoms with E-state index in [1.54, 1.807) is 12.1 Å². The first-order chi connectivity index (χ1) is 11.5. The minimum absolute atomic E-state index is 0.0601. The van der Waals surface area contributed by atoms with Crippen LogP contribution in [-0.2, 0) is 0 Å². The Morgan fingerprint density at radius 2 is 1.88 bits per heavy atom. The van der Waals surface area contributed by atoms with Crippen LogP contribution in [0.1, 0.15) is 49.9 Å². The maximum absolute atomic E-state index is 12.3. The molecule has 6 nitrogen and oxygen atoms in total. The largest absolute Gasteiger partial charge is 0.347 e. The van der Waals surface area contributed by atoms with Crippen molar-refractivity contribution >= 4 is 23.5 Å². The highest BCUT2D eigenvalue weighted by Crippen LogP contribution is 2.19. The van der Waals surface area contributed by atoms with Gasteiger partial charge in [0.2, 0.25) is 0 Å². The number of pyridine rings is 1. The first-order valence-electron chi connectivity index (χ1n) is 8.42. The molecule has 0 aliphatic heterocycles. The van der Waals surface area contributed by atoms with Crippen LogP contribution in [0.5, 0.6) is 0 Å². The first kappa shape index (κ1) is 18.5. The van der Waals surface area contributed by atoms with E-state index in [1.807, 2.05) is 13.8 Å². The molecule has 2 atom stereocenters. The zero-order chi connectivity index (χ0) is 17.5. The molecule has 3 N–H and O–H groups in total. The summed E-state index contributed by atoms with van der Waals surface area (Å²) in [4.78, 5) is 28.3. The second-order valence-corrected chi connectivity index (χ2v) is 6.98. The average molecular weight is 353 g/mol. The second kappa shape index (κ2) is 8.87. The molecule has 0 radical (unpaired) electrons. The Hall–Kier alpha value is -1.82. The molecule has 1 aliphatic rings. The molecule has 0 aromatic carbocycles. The number of nitrogens with zero attached hydrogens (tertiary/aromatic N) is 1. The van der Waals surface area contributed by atoms with Crippen molar-refractivity contribution in [2.45, 2.75) is 51.6 Å². The lowest BCUT2D eigenvalue weighted by atomic mass is 9.90. The van der Waals surface area contributed by atoms with Crippen molar-refractivity contribution < 1.29 is 9.59 Å². The van der Waals surface area contributed by atoms with Crippen LogP contribution in [0, 0.1) is 5.92 Å². The fourth-order valence-electron chi connectivity index (χ4n) is 2.75. The molecule has 132 valence electrons. The Balaban J connectivity index is 1.92. The number of nitrogens with one attached hydrogen (secondary N) is 3. The predicted molar refractivity (Wildman–Crippen MR) is 94.1 cm³/mol. The molecule has 1 heterocycles. The van der Waals surface area contributed by atoms with E-state index in [9.17, 15) is 9.59 Å². The summed E-state index contributed by atoms with van der Waals surface area (Å²) >= 11 is 5.74. The van der Waals surface area contributed by atoms with E-state index >= 15 is 0 Å². The highest BCUT2D eigenvalue weighted by Gasteiger charge is 2.28. The molecular formula is C17H25ClN4O2. The minimum Gasteiger partial charge on any atom is -0.347 e. The third kappa shape index (κ3) is 5.67. The number of carbonyl (C=O) groups excluding carboxylic acids is 2. The van der Waals surface area contributed by atoms with Gasteiger partial charge >= 0.3 is 6.03 Å². The van der Waals surface area contributed by atoms with Gasteiger partial charge in [0.15, 0.2) is 0 Å². The van der Waals surface area contributed by atoms with Crippen molar-refractivity contribution in [1.29, 1.82) is 0 Å². The summed E-state index contributed by atoms with van der Waals surface area (Å²) < 4.78 is 0.